The fourth-order valence-electron chi connectivity index (χ4n) is 2.99. The van der Waals surface area contributed by atoms with Gasteiger partial charge in [0.1, 0.15) is 0 Å². The molecule has 2 heterocycles. The first-order valence-corrected chi connectivity index (χ1v) is 11.8. The zero-order chi connectivity index (χ0) is 20.1. The van der Waals surface area contributed by atoms with Crippen molar-refractivity contribution in [3.63, 3.8) is 0 Å². The molecule has 0 bridgehead atoms. The van der Waals surface area contributed by atoms with Crippen LogP contribution in [0.1, 0.15) is 22.6 Å². The van der Waals surface area contributed by atoms with Crippen molar-refractivity contribution in [2.45, 2.75) is 30.8 Å². The number of hydrogen-bond acceptors (Lipinski definition) is 4. The summed E-state index contributed by atoms with van der Waals surface area (Å²) in [6.07, 6.45) is 4.13. The molecule has 28 heavy (non-hydrogen) atoms. The molecule has 7 heteroatoms. The minimum Gasteiger partial charge on any atom is -0.353 e. The number of benzene rings is 1. The summed E-state index contributed by atoms with van der Waals surface area (Å²) in [6, 6.07) is 14.8. The molecule has 5 nitrogen and oxygen atoms in total. The van der Waals surface area contributed by atoms with Gasteiger partial charge >= 0.3 is 0 Å². The van der Waals surface area contributed by atoms with Gasteiger partial charge in [0.2, 0.25) is 5.91 Å². The molecule has 0 radical (unpaired) electrons. The van der Waals surface area contributed by atoms with Gasteiger partial charge in [-0.25, -0.2) is 8.42 Å². The Kier molecular flexibility index (Phi) is 6.36. The lowest BCUT2D eigenvalue weighted by molar-refractivity contribution is -0.132. The van der Waals surface area contributed by atoms with E-state index in [1.165, 1.54) is 6.26 Å². The second-order valence-electron chi connectivity index (χ2n) is 6.86. The van der Waals surface area contributed by atoms with Gasteiger partial charge in [-0.3, -0.25) is 4.79 Å². The van der Waals surface area contributed by atoms with E-state index in [1.54, 1.807) is 35.6 Å². The molecule has 0 unspecified atom stereocenters. The molecule has 3 rings (SSSR count). The number of amides is 1. The van der Waals surface area contributed by atoms with Crippen LogP contribution in [-0.2, 0) is 41.2 Å². The highest BCUT2D eigenvalue weighted by Gasteiger charge is 2.16. The van der Waals surface area contributed by atoms with E-state index in [2.05, 4.69) is 0 Å². The van der Waals surface area contributed by atoms with Gasteiger partial charge in [-0.2, -0.15) is 0 Å². The van der Waals surface area contributed by atoms with Crippen LogP contribution < -0.4 is 0 Å². The molecule has 0 aliphatic heterocycles. The monoisotopic (exact) mass is 416 g/mol. The fraction of sp³-hybridized carbons (Fsp3) is 0.286. The van der Waals surface area contributed by atoms with Crippen LogP contribution in [0.25, 0.3) is 0 Å². The average molecular weight is 417 g/mol. The quantitative estimate of drug-likeness (QED) is 0.563. The number of thiophene rings is 1. The summed E-state index contributed by atoms with van der Waals surface area (Å²) in [4.78, 5) is 16.3. The van der Waals surface area contributed by atoms with Crippen molar-refractivity contribution in [3.05, 3.63) is 76.2 Å². The van der Waals surface area contributed by atoms with Crippen molar-refractivity contribution < 1.29 is 13.2 Å². The highest BCUT2D eigenvalue weighted by Crippen LogP contribution is 2.17. The number of nitrogens with zero attached hydrogens (tertiary/aromatic N) is 2. The number of sulfone groups is 1. The van der Waals surface area contributed by atoms with E-state index in [4.69, 9.17) is 0 Å². The van der Waals surface area contributed by atoms with Crippen molar-refractivity contribution >= 4 is 27.1 Å². The molecule has 2 aromatic heterocycles. The highest BCUT2D eigenvalue weighted by atomic mass is 32.2. The Hall–Kier alpha value is -2.38. The molecule has 148 valence electrons. The van der Waals surface area contributed by atoms with Gasteiger partial charge in [-0.15, -0.1) is 11.3 Å². The molecule has 0 spiro atoms. The Morgan fingerprint density at radius 1 is 1.07 bits per heavy atom. The number of carbonyl (C=O) groups excluding carboxylic acids is 1. The molecule has 0 aliphatic carbocycles. The molecular formula is C21H24N2O3S2. The van der Waals surface area contributed by atoms with Crippen LogP contribution in [0, 0.1) is 0 Å². The summed E-state index contributed by atoms with van der Waals surface area (Å²) in [6.45, 7) is 1.15. The lowest BCUT2D eigenvalue weighted by atomic mass is 10.1. The normalized spacial score (nSPS) is 11.5. The number of rotatable bonds is 8. The Morgan fingerprint density at radius 2 is 1.82 bits per heavy atom. The molecule has 0 fully saturated rings. The first kappa shape index (κ1) is 20.4. The standard InChI is InChI=1S/C21H24N2O3S2/c1-22-13-3-5-18(22)15-23(16-19-6-4-14-27-19)21(24)12-9-17-7-10-20(11-8-17)28(2,25)26/h3-8,10-11,13-14H,9,12,15-16H2,1-2H3. The minimum absolute atomic E-state index is 0.0850. The molecule has 1 amide bonds. The van der Waals surface area contributed by atoms with Crippen molar-refractivity contribution in [2.75, 3.05) is 6.26 Å². The summed E-state index contributed by atoms with van der Waals surface area (Å²) in [5, 5.41) is 2.02. The number of aryl methyl sites for hydroxylation is 2. The van der Waals surface area contributed by atoms with E-state index in [0.717, 1.165) is 16.1 Å². The van der Waals surface area contributed by atoms with Crippen LogP contribution >= 0.6 is 11.3 Å². The summed E-state index contributed by atoms with van der Waals surface area (Å²) in [5.41, 5.74) is 2.04. The van der Waals surface area contributed by atoms with Gasteiger partial charge < -0.3 is 9.47 Å². The van der Waals surface area contributed by atoms with Gasteiger partial charge in [0, 0.05) is 36.5 Å². The number of carbonyl (C=O) groups is 1. The van der Waals surface area contributed by atoms with Crippen LogP contribution in [0.2, 0.25) is 0 Å². The summed E-state index contributed by atoms with van der Waals surface area (Å²) in [7, 11) is -1.22. The Bertz CT molecular complexity index is 1020. The molecule has 1 aromatic carbocycles. The van der Waals surface area contributed by atoms with Crippen LogP contribution in [0.5, 0.6) is 0 Å². The number of aromatic nitrogens is 1. The van der Waals surface area contributed by atoms with Crippen molar-refractivity contribution in [1.29, 1.82) is 0 Å². The van der Waals surface area contributed by atoms with Crippen LogP contribution in [-0.4, -0.2) is 30.0 Å². The summed E-state index contributed by atoms with van der Waals surface area (Å²) < 4.78 is 25.2. The van der Waals surface area contributed by atoms with Crippen molar-refractivity contribution in [2.24, 2.45) is 7.05 Å². The zero-order valence-corrected chi connectivity index (χ0v) is 17.7. The predicted octanol–water partition coefficient (Wildman–Crippen LogP) is 3.65. The summed E-state index contributed by atoms with van der Waals surface area (Å²) in [5.74, 6) is 0.0850. The molecular weight excluding hydrogens is 392 g/mol. The lowest BCUT2D eigenvalue weighted by Gasteiger charge is -2.23. The maximum absolute atomic E-state index is 12.9. The second kappa shape index (κ2) is 8.75. The fourth-order valence-corrected chi connectivity index (χ4v) is 4.34. The molecule has 0 saturated carbocycles. The van der Waals surface area contributed by atoms with Crippen LogP contribution in [0.4, 0.5) is 0 Å². The predicted molar refractivity (Wildman–Crippen MR) is 112 cm³/mol. The molecule has 0 N–H and O–H groups in total. The summed E-state index contributed by atoms with van der Waals surface area (Å²) >= 11 is 1.65. The van der Waals surface area contributed by atoms with Crippen molar-refractivity contribution in [3.8, 4) is 0 Å². The van der Waals surface area contributed by atoms with Crippen LogP contribution in [0.3, 0.4) is 0 Å². The largest absolute Gasteiger partial charge is 0.353 e. The molecule has 3 aromatic rings. The Balaban J connectivity index is 1.67. The first-order chi connectivity index (χ1) is 13.3. The van der Waals surface area contributed by atoms with E-state index < -0.39 is 9.84 Å². The van der Waals surface area contributed by atoms with Gasteiger partial charge in [0.05, 0.1) is 18.0 Å². The van der Waals surface area contributed by atoms with E-state index in [1.807, 2.05) is 52.4 Å². The second-order valence-corrected chi connectivity index (χ2v) is 9.90. The van der Waals surface area contributed by atoms with Gasteiger partial charge in [0.25, 0.3) is 0 Å². The SMILES string of the molecule is Cn1cccc1CN(Cc1cccs1)C(=O)CCc1ccc(S(C)(=O)=O)cc1. The maximum Gasteiger partial charge on any atom is 0.223 e. The minimum atomic E-state index is -3.20. The third-order valence-corrected chi connectivity index (χ3v) is 6.65. The Morgan fingerprint density at radius 3 is 2.39 bits per heavy atom. The molecule has 0 saturated heterocycles. The van der Waals surface area contributed by atoms with Gasteiger partial charge in [-0.1, -0.05) is 18.2 Å². The first-order valence-electron chi connectivity index (χ1n) is 9.02. The van der Waals surface area contributed by atoms with E-state index in [0.29, 0.717) is 30.8 Å². The zero-order valence-electron chi connectivity index (χ0n) is 16.0. The topological polar surface area (TPSA) is 59.4 Å². The van der Waals surface area contributed by atoms with Gasteiger partial charge in [0.15, 0.2) is 9.84 Å². The smallest absolute Gasteiger partial charge is 0.223 e. The van der Waals surface area contributed by atoms with E-state index in [-0.39, 0.29) is 5.91 Å². The van der Waals surface area contributed by atoms with E-state index >= 15 is 0 Å². The average Bonchev–Trinajstić information content (AvgIpc) is 3.31. The third-order valence-electron chi connectivity index (χ3n) is 4.66. The van der Waals surface area contributed by atoms with Gasteiger partial charge in [-0.05, 0) is 47.7 Å². The lowest BCUT2D eigenvalue weighted by Crippen LogP contribution is -2.30. The maximum atomic E-state index is 12.9. The molecule has 0 aliphatic rings. The third kappa shape index (κ3) is 5.33. The van der Waals surface area contributed by atoms with E-state index in [9.17, 15) is 13.2 Å². The van der Waals surface area contributed by atoms with Crippen LogP contribution in [0.15, 0.2) is 65.0 Å². The Labute approximate surface area is 170 Å². The highest BCUT2D eigenvalue weighted by molar-refractivity contribution is 7.90. The molecule has 0 atom stereocenters. The number of hydrogen-bond donors (Lipinski definition) is 0. The van der Waals surface area contributed by atoms with Crippen molar-refractivity contribution in [1.82, 2.24) is 9.47 Å².